The summed E-state index contributed by atoms with van der Waals surface area (Å²) in [5, 5.41) is 3.65. The molecule has 2 fully saturated rings. The maximum absolute atomic E-state index is 3.65. The fourth-order valence-corrected chi connectivity index (χ4v) is 4.31. The summed E-state index contributed by atoms with van der Waals surface area (Å²) in [6, 6.07) is 11.1. The van der Waals surface area contributed by atoms with E-state index in [4.69, 9.17) is 0 Å². The number of hydrogen-bond acceptors (Lipinski definition) is 1. The lowest BCUT2D eigenvalue weighted by Crippen LogP contribution is -2.46. The average molecular weight is 257 g/mol. The quantitative estimate of drug-likeness (QED) is 0.838. The van der Waals surface area contributed by atoms with Crippen molar-refractivity contribution in [2.45, 2.75) is 51.4 Å². The molecule has 104 valence electrons. The van der Waals surface area contributed by atoms with E-state index in [2.05, 4.69) is 35.6 Å². The molecular weight excluding hydrogens is 230 g/mol. The molecule has 1 spiro atoms. The normalized spacial score (nSPS) is 27.1. The summed E-state index contributed by atoms with van der Waals surface area (Å²) in [6.45, 7) is 2.47. The monoisotopic (exact) mass is 257 g/mol. The lowest BCUT2D eigenvalue weighted by atomic mass is 9.64. The minimum atomic E-state index is 0.650. The Morgan fingerprint density at radius 3 is 2.42 bits per heavy atom. The zero-order valence-corrected chi connectivity index (χ0v) is 12.0. The summed E-state index contributed by atoms with van der Waals surface area (Å²) in [6.07, 6.45) is 11.5. The van der Waals surface area contributed by atoms with Crippen LogP contribution in [0.4, 0.5) is 0 Å². The molecule has 1 atom stereocenters. The van der Waals surface area contributed by atoms with Crippen LogP contribution in [0, 0.1) is 11.3 Å². The fourth-order valence-electron chi connectivity index (χ4n) is 4.31. The first-order valence-corrected chi connectivity index (χ1v) is 8.14. The van der Waals surface area contributed by atoms with Crippen molar-refractivity contribution in [2.24, 2.45) is 11.3 Å². The Balaban J connectivity index is 1.76. The third-order valence-corrected chi connectivity index (χ3v) is 5.48. The minimum Gasteiger partial charge on any atom is -0.316 e. The zero-order valence-electron chi connectivity index (χ0n) is 12.0. The number of hydrogen-bond donors (Lipinski definition) is 1. The highest BCUT2D eigenvalue weighted by molar-refractivity contribution is 5.16. The first kappa shape index (κ1) is 13.2. The molecule has 1 nitrogen and oxygen atoms in total. The summed E-state index contributed by atoms with van der Waals surface area (Å²) in [5.41, 5.74) is 2.18. The third kappa shape index (κ3) is 3.02. The van der Waals surface area contributed by atoms with Gasteiger partial charge in [0.15, 0.2) is 0 Å². The Bertz CT molecular complexity index is 376. The highest BCUT2D eigenvalue weighted by Crippen LogP contribution is 2.46. The van der Waals surface area contributed by atoms with E-state index >= 15 is 0 Å². The molecule has 0 aromatic heterocycles. The van der Waals surface area contributed by atoms with Gasteiger partial charge < -0.3 is 5.32 Å². The number of benzene rings is 1. The second-order valence-corrected chi connectivity index (χ2v) is 6.62. The fraction of sp³-hybridized carbons (Fsp3) is 0.667. The Morgan fingerprint density at radius 1 is 0.947 bits per heavy atom. The number of piperidine rings is 1. The van der Waals surface area contributed by atoms with Crippen molar-refractivity contribution >= 4 is 0 Å². The molecule has 0 bridgehead atoms. The second-order valence-electron chi connectivity index (χ2n) is 6.62. The van der Waals surface area contributed by atoms with E-state index in [0.717, 1.165) is 5.92 Å². The van der Waals surface area contributed by atoms with E-state index < -0.39 is 0 Å². The molecule has 1 aromatic carbocycles. The van der Waals surface area contributed by atoms with Crippen LogP contribution < -0.4 is 5.32 Å². The lowest BCUT2D eigenvalue weighted by Gasteiger charge is -2.45. The van der Waals surface area contributed by atoms with Crippen molar-refractivity contribution in [3.8, 4) is 0 Å². The Morgan fingerprint density at radius 2 is 1.68 bits per heavy atom. The van der Waals surface area contributed by atoms with Crippen LogP contribution in [0.2, 0.25) is 0 Å². The second kappa shape index (κ2) is 6.09. The van der Waals surface area contributed by atoms with Gasteiger partial charge in [-0.2, -0.15) is 0 Å². The van der Waals surface area contributed by atoms with Crippen LogP contribution in [0.25, 0.3) is 0 Å². The van der Waals surface area contributed by atoms with Crippen molar-refractivity contribution in [1.29, 1.82) is 0 Å². The van der Waals surface area contributed by atoms with Crippen LogP contribution in [-0.4, -0.2) is 13.1 Å². The van der Waals surface area contributed by atoms with Crippen LogP contribution in [0.5, 0.6) is 0 Å². The molecule has 1 saturated heterocycles. The van der Waals surface area contributed by atoms with Gasteiger partial charge in [0.05, 0.1) is 0 Å². The van der Waals surface area contributed by atoms with Gasteiger partial charge in [-0.25, -0.2) is 0 Å². The van der Waals surface area contributed by atoms with Gasteiger partial charge in [-0.1, -0.05) is 56.0 Å². The van der Waals surface area contributed by atoms with Gasteiger partial charge in [0.2, 0.25) is 0 Å². The molecule has 1 saturated carbocycles. The molecular formula is C18H27N. The topological polar surface area (TPSA) is 12.0 Å². The van der Waals surface area contributed by atoms with Crippen LogP contribution in [0.3, 0.4) is 0 Å². The molecule has 1 N–H and O–H groups in total. The third-order valence-electron chi connectivity index (χ3n) is 5.48. The highest BCUT2D eigenvalue weighted by Gasteiger charge is 2.40. The van der Waals surface area contributed by atoms with Gasteiger partial charge in [0.25, 0.3) is 0 Å². The molecule has 1 aromatic rings. The molecule has 1 heteroatoms. The molecule has 1 aliphatic carbocycles. The first-order chi connectivity index (χ1) is 9.39. The first-order valence-electron chi connectivity index (χ1n) is 8.14. The number of nitrogens with one attached hydrogen (secondary N) is 1. The van der Waals surface area contributed by atoms with E-state index in [0.29, 0.717) is 5.41 Å². The molecule has 2 aliphatic rings. The Labute approximate surface area is 117 Å². The Hall–Kier alpha value is -0.820. The van der Waals surface area contributed by atoms with Crippen LogP contribution in [-0.2, 0) is 6.42 Å². The van der Waals surface area contributed by atoms with Gasteiger partial charge in [-0.3, -0.25) is 0 Å². The van der Waals surface area contributed by atoms with Gasteiger partial charge in [-0.05, 0) is 55.7 Å². The standard InChI is InChI=1S/C18H27N/c1-2-7-11-18(10-6-1)12-13-19-15-17(18)14-16-8-4-3-5-9-16/h3-5,8-9,17,19H,1-2,6-7,10-15H2. The maximum Gasteiger partial charge on any atom is -0.00120 e. The summed E-state index contributed by atoms with van der Waals surface area (Å²) in [7, 11) is 0. The summed E-state index contributed by atoms with van der Waals surface area (Å²) in [5.74, 6) is 0.849. The maximum atomic E-state index is 3.65. The van der Waals surface area contributed by atoms with Gasteiger partial charge in [0.1, 0.15) is 0 Å². The predicted octanol–water partition coefficient (Wildman–Crippen LogP) is 4.18. The van der Waals surface area contributed by atoms with Crippen molar-refractivity contribution in [1.82, 2.24) is 5.32 Å². The lowest BCUT2D eigenvalue weighted by molar-refractivity contribution is 0.0862. The molecule has 19 heavy (non-hydrogen) atoms. The SMILES string of the molecule is c1ccc(CC2CNCCC23CCCCCC3)cc1. The van der Waals surface area contributed by atoms with E-state index in [1.165, 1.54) is 70.0 Å². The largest absolute Gasteiger partial charge is 0.316 e. The zero-order chi connectivity index (χ0) is 13.0. The van der Waals surface area contributed by atoms with Crippen molar-refractivity contribution < 1.29 is 0 Å². The Kier molecular flexibility index (Phi) is 4.22. The van der Waals surface area contributed by atoms with Crippen LogP contribution in [0.1, 0.15) is 50.5 Å². The van der Waals surface area contributed by atoms with Crippen molar-refractivity contribution in [3.05, 3.63) is 35.9 Å². The molecule has 1 heterocycles. The average Bonchev–Trinajstić information content (AvgIpc) is 2.69. The van der Waals surface area contributed by atoms with Crippen molar-refractivity contribution in [2.75, 3.05) is 13.1 Å². The van der Waals surface area contributed by atoms with E-state index in [-0.39, 0.29) is 0 Å². The van der Waals surface area contributed by atoms with Crippen molar-refractivity contribution in [3.63, 3.8) is 0 Å². The highest BCUT2D eigenvalue weighted by atomic mass is 14.9. The van der Waals surface area contributed by atoms with E-state index in [1.54, 1.807) is 0 Å². The smallest absolute Gasteiger partial charge is 0.00120 e. The summed E-state index contributed by atoms with van der Waals surface area (Å²) in [4.78, 5) is 0. The summed E-state index contributed by atoms with van der Waals surface area (Å²) >= 11 is 0. The molecule has 1 aliphatic heterocycles. The molecule has 0 amide bonds. The molecule has 0 radical (unpaired) electrons. The number of rotatable bonds is 2. The van der Waals surface area contributed by atoms with E-state index in [9.17, 15) is 0 Å². The van der Waals surface area contributed by atoms with Gasteiger partial charge in [-0.15, -0.1) is 0 Å². The van der Waals surface area contributed by atoms with Crippen LogP contribution in [0.15, 0.2) is 30.3 Å². The van der Waals surface area contributed by atoms with Gasteiger partial charge >= 0.3 is 0 Å². The van der Waals surface area contributed by atoms with Gasteiger partial charge in [0, 0.05) is 0 Å². The molecule has 1 unspecified atom stereocenters. The van der Waals surface area contributed by atoms with E-state index in [1.807, 2.05) is 0 Å². The molecule has 3 rings (SSSR count). The minimum absolute atomic E-state index is 0.650. The summed E-state index contributed by atoms with van der Waals surface area (Å²) < 4.78 is 0. The van der Waals surface area contributed by atoms with Crippen LogP contribution >= 0.6 is 0 Å². The predicted molar refractivity (Wildman–Crippen MR) is 81.3 cm³/mol.